The summed E-state index contributed by atoms with van der Waals surface area (Å²) in [6, 6.07) is 10.8. The molecule has 264 valence electrons. The Morgan fingerprint density at radius 3 is 2.18 bits per heavy atom. The highest BCUT2D eigenvalue weighted by atomic mass is 16.6. The highest BCUT2D eigenvalue weighted by Gasteiger charge is 2.34. The number of ether oxygens (including phenoxy) is 7. The molecule has 2 heterocycles. The van der Waals surface area contributed by atoms with Gasteiger partial charge in [0.25, 0.3) is 5.91 Å². The lowest BCUT2D eigenvalue weighted by atomic mass is 9.93. The summed E-state index contributed by atoms with van der Waals surface area (Å²) in [7, 11) is 5.93. The zero-order valence-corrected chi connectivity index (χ0v) is 29.5. The first-order valence-electron chi connectivity index (χ1n) is 16.1. The van der Waals surface area contributed by atoms with Gasteiger partial charge in [0.1, 0.15) is 17.1 Å². The van der Waals surface area contributed by atoms with E-state index >= 15 is 0 Å². The van der Waals surface area contributed by atoms with Crippen LogP contribution in [0.4, 0.5) is 11.4 Å². The number of aliphatic imine (C=N–C) groups is 1. The van der Waals surface area contributed by atoms with Crippen LogP contribution in [0.2, 0.25) is 0 Å². The molecule has 2 aliphatic rings. The summed E-state index contributed by atoms with van der Waals surface area (Å²) < 4.78 is 40.3. The Morgan fingerprint density at radius 2 is 1.57 bits per heavy atom. The van der Waals surface area contributed by atoms with Gasteiger partial charge >= 0.3 is 5.69 Å². The minimum absolute atomic E-state index is 0.00826. The van der Waals surface area contributed by atoms with Gasteiger partial charge in [0.05, 0.1) is 57.3 Å². The van der Waals surface area contributed by atoms with Crippen LogP contribution in [0.1, 0.15) is 57.8 Å². The number of carbonyl (C=O) groups is 1. The average Bonchev–Trinajstić information content (AvgIpc) is 3.53. The van der Waals surface area contributed by atoms with E-state index in [4.69, 9.17) is 33.2 Å². The van der Waals surface area contributed by atoms with Crippen molar-refractivity contribution >= 4 is 23.5 Å². The maximum atomic E-state index is 13.2. The van der Waals surface area contributed by atoms with E-state index in [0.717, 1.165) is 12.8 Å². The van der Waals surface area contributed by atoms with Crippen LogP contribution in [0.25, 0.3) is 0 Å². The van der Waals surface area contributed by atoms with Crippen LogP contribution in [0.3, 0.4) is 0 Å². The maximum Gasteiger partial charge on any atom is 0.311 e. The third kappa shape index (κ3) is 7.93. The van der Waals surface area contributed by atoms with Crippen LogP contribution in [-0.2, 0) is 0 Å². The predicted molar refractivity (Wildman–Crippen MR) is 185 cm³/mol. The highest BCUT2D eigenvalue weighted by molar-refractivity contribution is 6.03. The van der Waals surface area contributed by atoms with Gasteiger partial charge in [-0.15, -0.1) is 0 Å². The number of nitrogens with zero attached hydrogens (tertiary/aromatic N) is 3. The molecule has 2 unspecified atom stereocenters. The van der Waals surface area contributed by atoms with Crippen molar-refractivity contribution in [3.8, 4) is 46.0 Å². The molecule has 49 heavy (non-hydrogen) atoms. The standard InChI is InChI=1S/C34H39N3O10.C2H6/c1-20(34(2,3)47-29-17-25-24(16-28(29)41-4)33(38)36-12-8-9-21(36)18-35-25)19-45-22-10-11-26(37(39)40)27(13-22)46-23-14-30(42-5)32(44-7)31(15-23)43-6;1-2/h10-11,13-18,20-21H,8-9,12,19H2,1-7H3;1-2H3. The van der Waals surface area contributed by atoms with Crippen molar-refractivity contribution < 1.29 is 42.9 Å². The van der Waals surface area contributed by atoms with Crippen molar-refractivity contribution in [2.24, 2.45) is 10.9 Å². The molecule has 0 radical (unpaired) electrons. The molecule has 13 nitrogen and oxygen atoms in total. The average molecular weight is 680 g/mol. The zero-order valence-electron chi connectivity index (χ0n) is 29.5. The predicted octanol–water partition coefficient (Wildman–Crippen LogP) is 7.64. The number of benzene rings is 3. The Balaban J connectivity index is 0.00000265. The van der Waals surface area contributed by atoms with Gasteiger partial charge in [-0.2, -0.15) is 0 Å². The van der Waals surface area contributed by atoms with Crippen LogP contribution < -0.4 is 33.2 Å². The quantitative estimate of drug-likeness (QED) is 0.131. The molecule has 1 fully saturated rings. The molecule has 3 aromatic carbocycles. The summed E-state index contributed by atoms with van der Waals surface area (Å²) in [6.07, 6.45) is 3.67. The fourth-order valence-corrected chi connectivity index (χ4v) is 5.45. The molecule has 5 rings (SSSR count). The van der Waals surface area contributed by atoms with Gasteiger partial charge < -0.3 is 38.1 Å². The Kier molecular flexibility index (Phi) is 11.8. The molecule has 0 aromatic heterocycles. The van der Waals surface area contributed by atoms with Crippen LogP contribution in [0.15, 0.2) is 47.5 Å². The van der Waals surface area contributed by atoms with Crippen molar-refractivity contribution in [1.29, 1.82) is 0 Å². The normalized spacial score (nSPS) is 15.5. The van der Waals surface area contributed by atoms with E-state index in [9.17, 15) is 14.9 Å². The summed E-state index contributed by atoms with van der Waals surface area (Å²) in [4.78, 5) is 31.0. The molecule has 0 N–H and O–H groups in total. The molecule has 13 heteroatoms. The van der Waals surface area contributed by atoms with Crippen molar-refractivity contribution in [1.82, 2.24) is 4.90 Å². The second-order valence-electron chi connectivity index (χ2n) is 11.8. The van der Waals surface area contributed by atoms with Crippen LogP contribution in [0, 0.1) is 16.0 Å². The topological polar surface area (TPSA) is 140 Å². The Hall–Kier alpha value is -5.20. The number of methoxy groups -OCH3 is 4. The molecule has 0 bridgehead atoms. The number of fused-ring (bicyclic) bond motifs is 2. The second kappa shape index (κ2) is 15.8. The summed E-state index contributed by atoms with van der Waals surface area (Å²) in [6.45, 7) is 10.7. The van der Waals surface area contributed by atoms with E-state index in [2.05, 4.69) is 4.99 Å². The Labute approximate surface area is 286 Å². The lowest BCUT2D eigenvalue weighted by molar-refractivity contribution is -0.385. The Bertz CT molecular complexity index is 1660. The molecule has 0 spiro atoms. The van der Waals surface area contributed by atoms with Gasteiger partial charge in [-0.1, -0.05) is 20.8 Å². The van der Waals surface area contributed by atoms with Crippen LogP contribution in [-0.4, -0.2) is 75.2 Å². The van der Waals surface area contributed by atoms with Gasteiger partial charge in [-0.3, -0.25) is 19.9 Å². The molecule has 0 aliphatic carbocycles. The van der Waals surface area contributed by atoms with Crippen molar-refractivity contribution in [2.75, 3.05) is 41.6 Å². The van der Waals surface area contributed by atoms with Crippen molar-refractivity contribution in [2.45, 2.75) is 59.1 Å². The van der Waals surface area contributed by atoms with Crippen molar-refractivity contribution in [3.05, 3.63) is 58.1 Å². The number of nitro benzene ring substituents is 1. The molecular weight excluding hydrogens is 634 g/mol. The number of nitro groups is 1. The smallest absolute Gasteiger partial charge is 0.311 e. The van der Waals surface area contributed by atoms with Gasteiger partial charge in [-0.05, 0) is 38.8 Å². The third-order valence-electron chi connectivity index (χ3n) is 8.51. The summed E-state index contributed by atoms with van der Waals surface area (Å²) >= 11 is 0. The number of hydrogen-bond acceptors (Lipinski definition) is 11. The molecule has 2 aliphatic heterocycles. The molecule has 2 atom stereocenters. The van der Waals surface area contributed by atoms with Gasteiger partial charge in [0, 0.05) is 49.0 Å². The van der Waals surface area contributed by atoms with E-state index in [-0.39, 0.29) is 41.7 Å². The molecule has 3 aromatic rings. The fraction of sp³-hybridized carbons (Fsp3) is 0.444. The lowest BCUT2D eigenvalue weighted by Crippen LogP contribution is -2.39. The number of hydrogen-bond donors (Lipinski definition) is 0. The van der Waals surface area contributed by atoms with Gasteiger partial charge in [0.15, 0.2) is 23.0 Å². The largest absolute Gasteiger partial charge is 0.493 e. The molecule has 1 amide bonds. The number of amides is 1. The molecule has 1 saturated heterocycles. The summed E-state index contributed by atoms with van der Waals surface area (Å²) in [5.74, 6) is 2.21. The first kappa shape index (κ1) is 36.6. The van der Waals surface area contributed by atoms with E-state index in [1.165, 1.54) is 46.6 Å². The molecular formula is C36H45N3O10. The van der Waals surface area contributed by atoms with E-state index < -0.39 is 10.5 Å². The minimum atomic E-state index is -0.768. The first-order valence-corrected chi connectivity index (χ1v) is 16.1. The van der Waals surface area contributed by atoms with E-state index in [1.54, 1.807) is 24.3 Å². The Morgan fingerprint density at radius 1 is 0.918 bits per heavy atom. The van der Waals surface area contributed by atoms with E-state index in [1.807, 2.05) is 45.7 Å². The van der Waals surface area contributed by atoms with Crippen LogP contribution >= 0.6 is 0 Å². The van der Waals surface area contributed by atoms with Gasteiger partial charge in [0.2, 0.25) is 11.5 Å². The first-order chi connectivity index (χ1) is 23.5. The lowest BCUT2D eigenvalue weighted by Gasteiger charge is -2.33. The SMILES string of the molecule is CC.COc1cc2c(cc1OC(C)(C)C(C)COc1ccc([N+](=O)[O-])c(Oc3cc(OC)c(OC)c(OC)c3)c1)N=CC1CCCN1C2=O. The zero-order chi connectivity index (χ0) is 35.9. The monoisotopic (exact) mass is 679 g/mol. The molecule has 0 saturated carbocycles. The highest BCUT2D eigenvalue weighted by Crippen LogP contribution is 2.44. The summed E-state index contributed by atoms with van der Waals surface area (Å²) in [5, 5.41) is 11.8. The van der Waals surface area contributed by atoms with Crippen LogP contribution in [0.5, 0.6) is 46.0 Å². The van der Waals surface area contributed by atoms with Gasteiger partial charge in [-0.25, -0.2) is 0 Å². The van der Waals surface area contributed by atoms with E-state index in [0.29, 0.717) is 52.3 Å². The fourth-order valence-electron chi connectivity index (χ4n) is 5.45. The third-order valence-corrected chi connectivity index (χ3v) is 8.51. The second-order valence-corrected chi connectivity index (χ2v) is 11.8. The minimum Gasteiger partial charge on any atom is -0.493 e. The summed E-state index contributed by atoms with van der Waals surface area (Å²) in [5.41, 5.74) is -0.00659. The number of rotatable bonds is 13. The maximum absolute atomic E-state index is 13.2. The number of carbonyl (C=O) groups excluding carboxylic acids is 1. The van der Waals surface area contributed by atoms with Crippen molar-refractivity contribution in [3.63, 3.8) is 0 Å².